The molecule has 1 aromatic heterocycles. The van der Waals surface area contributed by atoms with Crippen molar-refractivity contribution in [1.29, 1.82) is 0 Å². The number of sulfonamides is 1. The lowest BCUT2D eigenvalue weighted by molar-refractivity contribution is 0.109. The van der Waals surface area contributed by atoms with E-state index < -0.39 is 10.0 Å². The first-order valence-corrected chi connectivity index (χ1v) is 7.98. The summed E-state index contributed by atoms with van der Waals surface area (Å²) in [6.07, 6.45) is 2.94. The molecule has 0 spiro atoms. The Bertz CT molecular complexity index is 506. The van der Waals surface area contributed by atoms with Crippen molar-refractivity contribution in [3.63, 3.8) is 0 Å². The third-order valence-electron chi connectivity index (χ3n) is 3.10. The first-order chi connectivity index (χ1) is 8.97. The van der Waals surface area contributed by atoms with Gasteiger partial charge in [-0.2, -0.15) is 4.31 Å². The minimum absolute atomic E-state index is 0.0261. The highest BCUT2D eigenvalue weighted by Crippen LogP contribution is 2.22. The normalized spacial score (nSPS) is 13.7. The van der Waals surface area contributed by atoms with E-state index in [4.69, 9.17) is 4.42 Å². The van der Waals surface area contributed by atoms with Crippen LogP contribution in [0, 0.1) is 0 Å². The van der Waals surface area contributed by atoms with Crippen LogP contribution in [0.4, 0.5) is 0 Å². The van der Waals surface area contributed by atoms with Crippen LogP contribution in [-0.2, 0) is 10.0 Å². The van der Waals surface area contributed by atoms with Crippen molar-refractivity contribution >= 4 is 16.3 Å². The summed E-state index contributed by atoms with van der Waals surface area (Å²) >= 11 is 0. The van der Waals surface area contributed by atoms with Gasteiger partial charge in [0, 0.05) is 12.6 Å². The molecule has 0 saturated heterocycles. The molecule has 0 aromatic carbocycles. The Balaban J connectivity index is 3.07. The minimum atomic E-state index is -3.67. The third-order valence-corrected chi connectivity index (χ3v) is 4.98. The van der Waals surface area contributed by atoms with Crippen LogP contribution >= 0.6 is 0 Å². The predicted molar refractivity (Wildman–Crippen MR) is 72.6 cm³/mol. The lowest BCUT2D eigenvalue weighted by Gasteiger charge is -2.26. The van der Waals surface area contributed by atoms with Gasteiger partial charge in [-0.05, 0) is 31.9 Å². The van der Waals surface area contributed by atoms with E-state index in [2.05, 4.69) is 0 Å². The molecular weight excluding hydrogens is 266 g/mol. The molecule has 1 heterocycles. The van der Waals surface area contributed by atoms with Crippen molar-refractivity contribution in [2.45, 2.75) is 51.2 Å². The molecular formula is C13H21NO4S. The number of rotatable bonds is 8. The summed E-state index contributed by atoms with van der Waals surface area (Å²) in [6.45, 7) is 6.29. The van der Waals surface area contributed by atoms with Crippen LogP contribution in [0.3, 0.4) is 0 Å². The van der Waals surface area contributed by atoms with Gasteiger partial charge in [0.1, 0.15) is 0 Å². The zero-order valence-corrected chi connectivity index (χ0v) is 12.4. The molecule has 0 fully saturated rings. The Kier molecular flexibility index (Phi) is 5.75. The minimum Gasteiger partial charge on any atom is -0.440 e. The van der Waals surface area contributed by atoms with Gasteiger partial charge in [-0.3, -0.25) is 4.79 Å². The Morgan fingerprint density at radius 2 is 2.05 bits per heavy atom. The monoisotopic (exact) mass is 287 g/mol. The summed E-state index contributed by atoms with van der Waals surface area (Å²) < 4.78 is 31.5. The van der Waals surface area contributed by atoms with E-state index >= 15 is 0 Å². The van der Waals surface area contributed by atoms with Gasteiger partial charge in [0.15, 0.2) is 12.0 Å². The van der Waals surface area contributed by atoms with Crippen molar-refractivity contribution in [1.82, 2.24) is 4.31 Å². The molecule has 0 amide bonds. The topological polar surface area (TPSA) is 67.6 Å². The molecule has 5 nitrogen and oxygen atoms in total. The fourth-order valence-corrected chi connectivity index (χ4v) is 3.41. The van der Waals surface area contributed by atoms with Crippen molar-refractivity contribution in [2.75, 3.05) is 6.54 Å². The quantitative estimate of drug-likeness (QED) is 0.689. The van der Waals surface area contributed by atoms with Gasteiger partial charge < -0.3 is 4.42 Å². The molecule has 0 aliphatic heterocycles. The van der Waals surface area contributed by atoms with Crippen LogP contribution in [0.1, 0.15) is 50.6 Å². The maximum Gasteiger partial charge on any atom is 0.276 e. The standard InChI is InChI=1S/C13H21NO4S/c1-4-6-9-14(11(3)5-2)19(16,17)13-8-7-12(10-15)18-13/h7-8,10-11H,4-6,9H2,1-3H3. The van der Waals surface area contributed by atoms with E-state index in [1.165, 1.54) is 16.4 Å². The van der Waals surface area contributed by atoms with E-state index in [-0.39, 0.29) is 16.9 Å². The van der Waals surface area contributed by atoms with Gasteiger partial charge in [-0.1, -0.05) is 20.3 Å². The lowest BCUT2D eigenvalue weighted by Crippen LogP contribution is -2.38. The molecule has 1 rings (SSSR count). The Morgan fingerprint density at radius 3 is 2.53 bits per heavy atom. The van der Waals surface area contributed by atoms with Gasteiger partial charge in [0.25, 0.3) is 10.0 Å². The van der Waals surface area contributed by atoms with Gasteiger partial charge in [0.05, 0.1) is 0 Å². The van der Waals surface area contributed by atoms with Crippen molar-refractivity contribution in [3.8, 4) is 0 Å². The van der Waals surface area contributed by atoms with Crippen LogP contribution < -0.4 is 0 Å². The molecule has 1 unspecified atom stereocenters. The number of hydrogen-bond acceptors (Lipinski definition) is 4. The average molecular weight is 287 g/mol. The van der Waals surface area contributed by atoms with E-state index in [1.54, 1.807) is 0 Å². The van der Waals surface area contributed by atoms with Crippen LogP contribution in [0.25, 0.3) is 0 Å². The van der Waals surface area contributed by atoms with Crippen LogP contribution in [0.5, 0.6) is 0 Å². The van der Waals surface area contributed by atoms with Crippen LogP contribution in [0.15, 0.2) is 21.6 Å². The highest BCUT2D eigenvalue weighted by molar-refractivity contribution is 7.89. The average Bonchev–Trinajstić information content (AvgIpc) is 2.88. The molecule has 0 aliphatic rings. The number of unbranched alkanes of at least 4 members (excludes halogenated alkanes) is 1. The second kappa shape index (κ2) is 6.86. The molecule has 0 bridgehead atoms. The Hall–Kier alpha value is -1.14. The van der Waals surface area contributed by atoms with E-state index in [0.717, 1.165) is 19.3 Å². The number of hydrogen-bond donors (Lipinski definition) is 0. The number of nitrogens with zero attached hydrogens (tertiary/aromatic N) is 1. The Morgan fingerprint density at radius 1 is 1.37 bits per heavy atom. The molecule has 0 saturated carbocycles. The summed E-state index contributed by atoms with van der Waals surface area (Å²) in [5, 5.41) is -0.161. The summed E-state index contributed by atoms with van der Waals surface area (Å²) in [4.78, 5) is 10.6. The number of furan rings is 1. The summed E-state index contributed by atoms with van der Waals surface area (Å²) in [6, 6.07) is 2.61. The SMILES string of the molecule is CCCCN(C(C)CC)S(=O)(=O)c1ccc(C=O)o1. The number of carbonyl (C=O) groups excluding carboxylic acids is 1. The number of aldehydes is 1. The molecule has 108 valence electrons. The fraction of sp³-hybridized carbons (Fsp3) is 0.615. The summed E-state index contributed by atoms with van der Waals surface area (Å²) in [5.41, 5.74) is 0. The smallest absolute Gasteiger partial charge is 0.276 e. The van der Waals surface area contributed by atoms with E-state index in [1.807, 2.05) is 20.8 Å². The van der Waals surface area contributed by atoms with Crippen molar-refractivity contribution in [2.24, 2.45) is 0 Å². The number of carbonyl (C=O) groups is 1. The van der Waals surface area contributed by atoms with E-state index in [9.17, 15) is 13.2 Å². The zero-order chi connectivity index (χ0) is 14.5. The zero-order valence-electron chi connectivity index (χ0n) is 11.6. The largest absolute Gasteiger partial charge is 0.440 e. The highest BCUT2D eigenvalue weighted by atomic mass is 32.2. The van der Waals surface area contributed by atoms with Gasteiger partial charge in [-0.25, -0.2) is 8.42 Å². The molecule has 19 heavy (non-hydrogen) atoms. The third kappa shape index (κ3) is 3.67. The second-order valence-corrected chi connectivity index (χ2v) is 6.32. The summed E-state index contributed by atoms with van der Waals surface area (Å²) in [5.74, 6) is 0.0261. The predicted octanol–water partition coefficient (Wildman–Crippen LogP) is 2.68. The lowest BCUT2D eigenvalue weighted by atomic mass is 10.2. The van der Waals surface area contributed by atoms with Crippen molar-refractivity contribution < 1.29 is 17.6 Å². The van der Waals surface area contributed by atoms with Crippen molar-refractivity contribution in [3.05, 3.63) is 17.9 Å². The van der Waals surface area contributed by atoms with Gasteiger partial charge in [-0.15, -0.1) is 0 Å². The molecule has 0 radical (unpaired) electrons. The Labute approximate surface area is 114 Å². The van der Waals surface area contributed by atoms with Gasteiger partial charge in [0.2, 0.25) is 5.09 Å². The fourth-order valence-electron chi connectivity index (χ4n) is 1.75. The first-order valence-electron chi connectivity index (χ1n) is 6.54. The maximum absolute atomic E-state index is 12.5. The molecule has 0 N–H and O–H groups in total. The molecule has 6 heteroatoms. The van der Waals surface area contributed by atoms with Crippen LogP contribution in [-0.4, -0.2) is 31.6 Å². The maximum atomic E-state index is 12.5. The first kappa shape index (κ1) is 15.9. The van der Waals surface area contributed by atoms with E-state index in [0.29, 0.717) is 12.8 Å². The van der Waals surface area contributed by atoms with Crippen LogP contribution in [0.2, 0.25) is 0 Å². The van der Waals surface area contributed by atoms with Gasteiger partial charge >= 0.3 is 0 Å². The summed E-state index contributed by atoms with van der Waals surface area (Å²) in [7, 11) is -3.67. The highest BCUT2D eigenvalue weighted by Gasteiger charge is 2.30. The second-order valence-electron chi connectivity index (χ2n) is 4.50. The molecule has 1 atom stereocenters. The molecule has 1 aromatic rings. The molecule has 0 aliphatic carbocycles.